The van der Waals surface area contributed by atoms with Gasteiger partial charge in [-0.2, -0.15) is 5.06 Å². The van der Waals surface area contributed by atoms with Gasteiger partial charge in [-0.1, -0.05) is 19.1 Å². The number of hydrogen-bond acceptors (Lipinski definition) is 6. The number of phenols is 1. The molecule has 8 heteroatoms. The number of aromatic hydroxyl groups is 1. The van der Waals surface area contributed by atoms with Gasteiger partial charge in [-0.05, 0) is 24.1 Å². The molecule has 1 aromatic carbocycles. The van der Waals surface area contributed by atoms with Gasteiger partial charge in [-0.3, -0.25) is 24.1 Å². The second-order valence-electron chi connectivity index (χ2n) is 5.96. The minimum atomic E-state index is -0.942. The number of amides is 3. The van der Waals surface area contributed by atoms with Gasteiger partial charge >= 0.3 is 0 Å². The van der Waals surface area contributed by atoms with E-state index in [1.165, 1.54) is 22.1 Å². The van der Waals surface area contributed by atoms with Crippen LogP contribution in [0.1, 0.15) is 24.9 Å². The minimum absolute atomic E-state index is 0.0806. The minimum Gasteiger partial charge on any atom is -0.508 e. The van der Waals surface area contributed by atoms with E-state index in [9.17, 15) is 19.5 Å². The van der Waals surface area contributed by atoms with Gasteiger partial charge in [0.25, 0.3) is 5.91 Å². The lowest BCUT2D eigenvalue weighted by Crippen LogP contribution is -2.40. The highest BCUT2D eigenvalue weighted by Gasteiger charge is 2.59. The Hall–Kier alpha value is -2.45. The first-order chi connectivity index (χ1) is 11.4. The molecular weight excluding hydrogens is 314 g/mol. The number of fused-ring (bicyclic) bond motifs is 1. The molecule has 0 radical (unpaired) electrons. The number of phenolic OH excluding ortho intramolecular Hbond substituents is 1. The molecular formula is C16H19N3O5. The lowest BCUT2D eigenvalue weighted by molar-refractivity contribution is -0.181. The fraction of sp³-hybridized carbons (Fsp3) is 0.438. The number of carbonyl (C=O) groups is 3. The quantitative estimate of drug-likeness (QED) is 0.729. The van der Waals surface area contributed by atoms with Crippen LogP contribution in [0.25, 0.3) is 0 Å². The Bertz CT molecular complexity index is 675. The Morgan fingerprint density at radius 3 is 2.50 bits per heavy atom. The third kappa shape index (κ3) is 2.63. The number of carbonyl (C=O) groups excluding carboxylic acids is 3. The van der Waals surface area contributed by atoms with Crippen LogP contribution in [-0.4, -0.2) is 52.0 Å². The zero-order valence-electron chi connectivity index (χ0n) is 13.2. The summed E-state index contributed by atoms with van der Waals surface area (Å²) in [7, 11) is 0. The third-order valence-corrected chi connectivity index (χ3v) is 4.28. The molecule has 3 rings (SSSR count). The molecule has 128 valence electrons. The number of hydroxylamine groups is 2. The maximum absolute atomic E-state index is 12.7. The molecule has 2 saturated heterocycles. The Labute approximate surface area is 138 Å². The fourth-order valence-electron chi connectivity index (χ4n) is 3.31. The van der Waals surface area contributed by atoms with Crippen molar-refractivity contribution in [2.75, 3.05) is 13.1 Å². The Balaban J connectivity index is 1.97. The maximum Gasteiger partial charge on any atom is 0.261 e. The summed E-state index contributed by atoms with van der Waals surface area (Å²) in [5.74, 6) is -1.96. The van der Waals surface area contributed by atoms with E-state index in [4.69, 9.17) is 10.6 Å². The third-order valence-electron chi connectivity index (χ3n) is 4.28. The van der Waals surface area contributed by atoms with E-state index < -0.39 is 24.0 Å². The summed E-state index contributed by atoms with van der Waals surface area (Å²) in [6, 6.07) is 5.63. The van der Waals surface area contributed by atoms with E-state index in [1.807, 2.05) is 6.92 Å². The van der Waals surface area contributed by atoms with Crippen molar-refractivity contribution >= 4 is 17.7 Å². The number of primary amides is 1. The molecule has 0 saturated carbocycles. The lowest BCUT2D eigenvalue weighted by Gasteiger charge is -2.26. The van der Waals surface area contributed by atoms with Crippen molar-refractivity contribution in [1.29, 1.82) is 0 Å². The molecule has 8 nitrogen and oxygen atoms in total. The number of hydrogen-bond donors (Lipinski definition) is 2. The van der Waals surface area contributed by atoms with Gasteiger partial charge in [0, 0.05) is 6.54 Å². The van der Waals surface area contributed by atoms with Gasteiger partial charge in [-0.25, -0.2) is 0 Å². The zero-order chi connectivity index (χ0) is 17.4. The van der Waals surface area contributed by atoms with Crippen LogP contribution in [0.4, 0.5) is 0 Å². The topological polar surface area (TPSA) is 113 Å². The fourth-order valence-corrected chi connectivity index (χ4v) is 3.31. The summed E-state index contributed by atoms with van der Waals surface area (Å²) in [6.45, 7) is 1.99. The molecule has 3 N–H and O–H groups in total. The molecule has 3 atom stereocenters. The summed E-state index contributed by atoms with van der Waals surface area (Å²) in [4.78, 5) is 43.3. The summed E-state index contributed by atoms with van der Waals surface area (Å²) < 4.78 is 0. The maximum atomic E-state index is 12.7. The van der Waals surface area contributed by atoms with Crippen molar-refractivity contribution < 1.29 is 24.3 Å². The second kappa shape index (κ2) is 6.21. The number of nitrogens with zero attached hydrogens (tertiary/aromatic N) is 2. The first kappa shape index (κ1) is 16.4. The molecule has 2 aliphatic heterocycles. The Kier molecular flexibility index (Phi) is 4.25. The number of imide groups is 1. The predicted molar refractivity (Wildman–Crippen MR) is 82.1 cm³/mol. The van der Waals surface area contributed by atoms with E-state index >= 15 is 0 Å². The molecule has 0 spiro atoms. The van der Waals surface area contributed by atoms with Crippen molar-refractivity contribution in [2.45, 2.75) is 25.5 Å². The zero-order valence-corrected chi connectivity index (χ0v) is 13.2. The molecule has 3 unspecified atom stereocenters. The smallest absolute Gasteiger partial charge is 0.261 e. The highest BCUT2D eigenvalue weighted by Crippen LogP contribution is 2.44. The molecule has 0 aliphatic carbocycles. The second-order valence-corrected chi connectivity index (χ2v) is 5.96. The lowest BCUT2D eigenvalue weighted by atomic mass is 9.91. The van der Waals surface area contributed by atoms with Crippen molar-refractivity contribution in [3.8, 4) is 5.75 Å². The van der Waals surface area contributed by atoms with Gasteiger partial charge < -0.3 is 10.8 Å². The van der Waals surface area contributed by atoms with Crippen LogP contribution >= 0.6 is 0 Å². The summed E-state index contributed by atoms with van der Waals surface area (Å²) in [5, 5.41) is 10.8. The van der Waals surface area contributed by atoms with Crippen molar-refractivity contribution in [2.24, 2.45) is 11.7 Å². The molecule has 2 fully saturated rings. The average molecular weight is 333 g/mol. The van der Waals surface area contributed by atoms with E-state index in [0.717, 1.165) is 0 Å². The van der Waals surface area contributed by atoms with Crippen molar-refractivity contribution in [3.63, 3.8) is 0 Å². The summed E-state index contributed by atoms with van der Waals surface area (Å²) in [6.07, 6.45) is -0.284. The van der Waals surface area contributed by atoms with Crippen LogP contribution in [0.3, 0.4) is 0 Å². The molecule has 0 aromatic heterocycles. The van der Waals surface area contributed by atoms with Gasteiger partial charge in [0.2, 0.25) is 11.8 Å². The number of likely N-dealkylation sites (tertiary alicyclic amines) is 1. The largest absolute Gasteiger partial charge is 0.508 e. The summed E-state index contributed by atoms with van der Waals surface area (Å²) >= 11 is 0. The van der Waals surface area contributed by atoms with E-state index in [-0.39, 0.29) is 24.1 Å². The van der Waals surface area contributed by atoms with Crippen molar-refractivity contribution in [1.82, 2.24) is 9.96 Å². The van der Waals surface area contributed by atoms with Crippen LogP contribution in [-0.2, 0) is 19.2 Å². The van der Waals surface area contributed by atoms with Crippen LogP contribution in [0.15, 0.2) is 24.3 Å². The van der Waals surface area contributed by atoms with E-state index in [1.54, 1.807) is 12.1 Å². The standard InChI is InChI=1S/C16H19N3O5/c1-2-7-18-15(22)12-13(9-3-5-10(20)6-4-9)19(8-11(17)21)24-14(12)16(18)23/h3-6,12-14,20H,2,7-8H2,1H3,(H2,17,21). The van der Waals surface area contributed by atoms with E-state index in [2.05, 4.69) is 0 Å². The molecule has 1 aromatic rings. The van der Waals surface area contributed by atoms with Crippen LogP contribution in [0.5, 0.6) is 5.75 Å². The van der Waals surface area contributed by atoms with Gasteiger partial charge in [0.15, 0.2) is 6.10 Å². The van der Waals surface area contributed by atoms with Gasteiger partial charge in [-0.15, -0.1) is 0 Å². The molecule has 2 aliphatic rings. The molecule has 24 heavy (non-hydrogen) atoms. The average Bonchev–Trinajstić information content (AvgIpc) is 2.99. The Morgan fingerprint density at radius 2 is 1.92 bits per heavy atom. The highest BCUT2D eigenvalue weighted by atomic mass is 16.7. The molecule has 0 bridgehead atoms. The van der Waals surface area contributed by atoms with Gasteiger partial charge in [0.05, 0.1) is 12.0 Å². The molecule has 2 heterocycles. The first-order valence-electron chi connectivity index (χ1n) is 7.80. The van der Waals surface area contributed by atoms with Crippen LogP contribution in [0, 0.1) is 5.92 Å². The first-order valence-corrected chi connectivity index (χ1v) is 7.80. The predicted octanol–water partition coefficient (Wildman–Crippen LogP) is -0.0706. The van der Waals surface area contributed by atoms with E-state index in [0.29, 0.717) is 18.5 Å². The molecule has 3 amide bonds. The normalized spacial score (nSPS) is 26.9. The highest BCUT2D eigenvalue weighted by molar-refractivity contribution is 6.07. The number of rotatable bonds is 5. The van der Waals surface area contributed by atoms with Crippen molar-refractivity contribution in [3.05, 3.63) is 29.8 Å². The number of nitrogens with two attached hydrogens (primary N) is 1. The monoisotopic (exact) mass is 333 g/mol. The SMILES string of the molecule is CCCN1C(=O)C2ON(CC(N)=O)C(c3ccc(O)cc3)C2C1=O. The van der Waals surface area contributed by atoms with Crippen LogP contribution < -0.4 is 5.73 Å². The Morgan fingerprint density at radius 1 is 1.25 bits per heavy atom. The summed E-state index contributed by atoms with van der Waals surface area (Å²) in [5.41, 5.74) is 5.92. The number of benzene rings is 1. The van der Waals surface area contributed by atoms with Crippen LogP contribution in [0.2, 0.25) is 0 Å². The van der Waals surface area contributed by atoms with Gasteiger partial charge in [0.1, 0.15) is 12.3 Å².